The number of carbonyl (C=O) groups excluding carboxylic acids is 1. The fraction of sp³-hybridized carbons (Fsp3) is 0.360. The van der Waals surface area contributed by atoms with Gasteiger partial charge in [0.25, 0.3) is 15.9 Å². The third-order valence-corrected chi connectivity index (χ3v) is 9.73. The summed E-state index contributed by atoms with van der Waals surface area (Å²) in [5.74, 6) is -1.38. The standard InChI is InChI=1S/C25H25FN4O6S2/c1-37(33,34)28-17-8-9-18-19(11-17)38(35,36)29-24(27-18)21-23(31)20-14-4-5-15(10-14)22(20)30(25(21)32)12-13-2-6-16(26)7-3-13/h2-3,6-9,11,14-15,20,22,28,31H,4-5,10,12H2,1H3,(H,27,29)/t14-,15-,20-,22+/m1/s1. The van der Waals surface area contributed by atoms with E-state index in [2.05, 4.69) is 14.4 Å². The number of sulfonamides is 2. The van der Waals surface area contributed by atoms with E-state index in [-0.39, 0.29) is 63.8 Å². The summed E-state index contributed by atoms with van der Waals surface area (Å²) in [5.41, 5.74) is 0.654. The maximum atomic E-state index is 13.9. The Bertz CT molecular complexity index is 1640. The van der Waals surface area contributed by atoms with Crippen molar-refractivity contribution in [1.29, 1.82) is 0 Å². The molecule has 4 aliphatic rings. The fourth-order valence-corrected chi connectivity index (χ4v) is 8.08. The molecule has 0 radical (unpaired) electrons. The molecule has 3 N–H and O–H groups in total. The van der Waals surface area contributed by atoms with Gasteiger partial charge in [0.2, 0.25) is 10.0 Å². The molecule has 10 nitrogen and oxygen atoms in total. The number of hydrogen-bond donors (Lipinski definition) is 3. The summed E-state index contributed by atoms with van der Waals surface area (Å²) in [6.45, 7) is 0.178. The first-order valence-corrected chi connectivity index (χ1v) is 15.5. The van der Waals surface area contributed by atoms with Gasteiger partial charge in [0.1, 0.15) is 22.0 Å². The lowest BCUT2D eigenvalue weighted by Crippen LogP contribution is -2.53. The van der Waals surface area contributed by atoms with Crippen LogP contribution in [0.15, 0.2) is 63.1 Å². The van der Waals surface area contributed by atoms with Crippen LogP contribution in [-0.2, 0) is 31.4 Å². The third kappa shape index (κ3) is 4.13. The highest BCUT2D eigenvalue weighted by atomic mass is 32.2. The van der Waals surface area contributed by atoms with Crippen LogP contribution in [0.3, 0.4) is 0 Å². The largest absolute Gasteiger partial charge is 0.511 e. The molecule has 4 atom stereocenters. The molecule has 0 aromatic heterocycles. The summed E-state index contributed by atoms with van der Waals surface area (Å²) < 4.78 is 69.0. The number of aliphatic hydroxyl groups excluding tert-OH is 1. The molecular formula is C25H25FN4O6S2. The van der Waals surface area contributed by atoms with Crippen molar-refractivity contribution in [3.05, 3.63) is 65.2 Å². The molecule has 2 heterocycles. The average Bonchev–Trinajstić information content (AvgIpc) is 3.45. The van der Waals surface area contributed by atoms with E-state index in [0.717, 1.165) is 31.6 Å². The maximum absolute atomic E-state index is 13.9. The molecule has 0 unspecified atom stereocenters. The van der Waals surface area contributed by atoms with E-state index < -0.39 is 31.8 Å². The molecule has 1 amide bonds. The number of hydrogen-bond acceptors (Lipinski definition) is 7. The molecule has 0 spiro atoms. The normalized spacial score (nSPS) is 27.5. The molecule has 6 rings (SSSR count). The highest BCUT2D eigenvalue weighted by Gasteiger charge is 2.57. The number of aliphatic hydroxyl groups is 1. The van der Waals surface area contributed by atoms with E-state index in [1.807, 2.05) is 0 Å². The van der Waals surface area contributed by atoms with E-state index in [1.54, 1.807) is 17.0 Å². The van der Waals surface area contributed by atoms with E-state index in [4.69, 9.17) is 0 Å². The summed E-state index contributed by atoms with van der Waals surface area (Å²) in [5, 5.41) is 14.3. The highest BCUT2D eigenvalue weighted by Crippen LogP contribution is 2.55. The maximum Gasteiger partial charge on any atom is 0.286 e. The molecular weight excluding hydrogens is 535 g/mol. The SMILES string of the molecule is CS(=O)(=O)Nc1ccc2c(c1)S(=O)(=O)N=C(C1=C(O)[C@@H]3[C@@H]4CC[C@H](C4)[C@@H]3N(Cc3ccc(F)cc3)C1=O)N2. The van der Waals surface area contributed by atoms with Gasteiger partial charge in [-0.05, 0) is 67.0 Å². The van der Waals surface area contributed by atoms with Crippen molar-refractivity contribution >= 4 is 43.2 Å². The minimum atomic E-state index is -4.35. The van der Waals surface area contributed by atoms with Crippen LogP contribution < -0.4 is 10.0 Å². The van der Waals surface area contributed by atoms with Gasteiger partial charge >= 0.3 is 0 Å². The van der Waals surface area contributed by atoms with Gasteiger partial charge in [0.15, 0.2) is 5.84 Å². The van der Waals surface area contributed by atoms with Crippen LogP contribution in [0.5, 0.6) is 0 Å². The lowest BCUT2D eigenvalue weighted by molar-refractivity contribution is -0.134. The van der Waals surface area contributed by atoms with Crippen molar-refractivity contribution in [3.8, 4) is 0 Å². The van der Waals surface area contributed by atoms with E-state index in [9.17, 15) is 31.1 Å². The van der Waals surface area contributed by atoms with Gasteiger partial charge in [-0.25, -0.2) is 12.8 Å². The second kappa shape index (κ2) is 8.53. The van der Waals surface area contributed by atoms with Gasteiger partial charge in [-0.2, -0.15) is 8.42 Å². The number of halogens is 1. The zero-order valence-electron chi connectivity index (χ0n) is 20.3. The van der Waals surface area contributed by atoms with E-state index in [1.165, 1.54) is 24.3 Å². The third-order valence-electron chi connectivity index (χ3n) is 7.81. The minimum absolute atomic E-state index is 0.0429. The lowest BCUT2D eigenvalue weighted by Gasteiger charge is -2.44. The average molecular weight is 561 g/mol. The Morgan fingerprint density at radius 2 is 1.87 bits per heavy atom. The summed E-state index contributed by atoms with van der Waals surface area (Å²) in [7, 11) is -7.99. The van der Waals surface area contributed by atoms with Crippen LogP contribution in [0.4, 0.5) is 15.8 Å². The molecule has 2 aromatic carbocycles. The number of carbonyl (C=O) groups is 1. The van der Waals surface area contributed by atoms with Gasteiger partial charge in [-0.1, -0.05) is 12.1 Å². The van der Waals surface area contributed by atoms with Crippen LogP contribution in [-0.4, -0.2) is 50.9 Å². The van der Waals surface area contributed by atoms with Crippen LogP contribution >= 0.6 is 0 Å². The summed E-state index contributed by atoms with van der Waals surface area (Å²) in [6.07, 6.45) is 3.64. The predicted molar refractivity (Wildman–Crippen MR) is 138 cm³/mol. The lowest BCUT2D eigenvalue weighted by atomic mass is 9.77. The molecule has 2 aromatic rings. The Labute approximate surface area is 219 Å². The monoisotopic (exact) mass is 560 g/mol. The topological polar surface area (TPSA) is 145 Å². The quantitative estimate of drug-likeness (QED) is 0.510. The number of nitrogens with one attached hydrogen (secondary N) is 2. The van der Waals surface area contributed by atoms with Crippen LogP contribution in [0.2, 0.25) is 0 Å². The Hall–Kier alpha value is -3.45. The number of rotatable bonds is 5. The van der Waals surface area contributed by atoms with Crippen molar-refractivity contribution in [2.75, 3.05) is 16.3 Å². The number of fused-ring (bicyclic) bond motifs is 6. The first-order chi connectivity index (χ1) is 17.9. The molecule has 38 heavy (non-hydrogen) atoms. The molecule has 13 heteroatoms. The number of benzene rings is 2. The van der Waals surface area contributed by atoms with Gasteiger partial charge in [-0.3, -0.25) is 9.52 Å². The van der Waals surface area contributed by atoms with E-state index in [0.29, 0.717) is 5.56 Å². The van der Waals surface area contributed by atoms with Crippen molar-refractivity contribution < 1.29 is 31.1 Å². The molecule has 2 saturated carbocycles. The first-order valence-electron chi connectivity index (χ1n) is 12.1. The van der Waals surface area contributed by atoms with Crippen molar-refractivity contribution in [2.45, 2.75) is 36.7 Å². The predicted octanol–water partition coefficient (Wildman–Crippen LogP) is 2.98. The van der Waals surface area contributed by atoms with E-state index >= 15 is 0 Å². The van der Waals surface area contributed by atoms with Crippen LogP contribution in [0, 0.1) is 23.6 Å². The highest BCUT2D eigenvalue weighted by molar-refractivity contribution is 7.92. The van der Waals surface area contributed by atoms with Crippen molar-refractivity contribution in [1.82, 2.24) is 4.90 Å². The van der Waals surface area contributed by atoms with Gasteiger partial charge in [0, 0.05) is 24.2 Å². The molecule has 2 bridgehead atoms. The molecule has 0 saturated heterocycles. The van der Waals surface area contributed by atoms with Crippen molar-refractivity contribution in [2.24, 2.45) is 22.2 Å². The second-order valence-corrected chi connectivity index (χ2v) is 13.6. The molecule has 2 aliphatic carbocycles. The number of amidine groups is 1. The zero-order chi connectivity index (χ0) is 27.0. The Kier molecular flexibility index (Phi) is 5.58. The summed E-state index contributed by atoms with van der Waals surface area (Å²) >= 11 is 0. The Balaban J connectivity index is 1.41. The number of amides is 1. The number of anilines is 2. The van der Waals surface area contributed by atoms with Gasteiger partial charge < -0.3 is 15.3 Å². The molecule has 2 fully saturated rings. The summed E-state index contributed by atoms with van der Waals surface area (Å²) in [4.78, 5) is 15.3. The zero-order valence-corrected chi connectivity index (χ0v) is 21.9. The minimum Gasteiger partial charge on any atom is -0.511 e. The second-order valence-electron chi connectivity index (χ2n) is 10.3. The number of nitrogens with zero attached hydrogens (tertiary/aromatic N) is 2. The van der Waals surface area contributed by atoms with Crippen molar-refractivity contribution in [3.63, 3.8) is 0 Å². The first kappa shape index (κ1) is 24.9. The molecule has 2 aliphatic heterocycles. The smallest absolute Gasteiger partial charge is 0.286 e. The Morgan fingerprint density at radius 3 is 2.58 bits per heavy atom. The van der Waals surface area contributed by atoms with Gasteiger partial charge in [-0.15, -0.1) is 4.40 Å². The van der Waals surface area contributed by atoms with Crippen LogP contribution in [0.25, 0.3) is 0 Å². The summed E-state index contributed by atoms with van der Waals surface area (Å²) in [6, 6.07) is 9.49. The fourth-order valence-electron chi connectivity index (χ4n) is 6.38. The Morgan fingerprint density at radius 1 is 1.16 bits per heavy atom. The van der Waals surface area contributed by atoms with Gasteiger partial charge in [0.05, 0.1) is 11.9 Å². The van der Waals surface area contributed by atoms with Crippen LogP contribution in [0.1, 0.15) is 24.8 Å². The molecule has 200 valence electrons.